The Balaban J connectivity index is 1.66. The molecule has 0 aliphatic carbocycles. The Kier molecular flexibility index (Phi) is 7.73. The highest BCUT2D eigenvalue weighted by Crippen LogP contribution is 2.31. The quantitative estimate of drug-likeness (QED) is 0.556. The summed E-state index contributed by atoms with van der Waals surface area (Å²) in [4.78, 5) is 38.6. The largest absolute Gasteiger partial charge is 0.492 e. The van der Waals surface area contributed by atoms with E-state index in [2.05, 4.69) is 5.32 Å². The van der Waals surface area contributed by atoms with Crippen LogP contribution in [0.4, 0.5) is 10.5 Å². The van der Waals surface area contributed by atoms with Gasteiger partial charge in [-0.3, -0.25) is 14.5 Å². The lowest BCUT2D eigenvalue weighted by Crippen LogP contribution is -2.35. The monoisotopic (exact) mass is 466 g/mol. The van der Waals surface area contributed by atoms with Gasteiger partial charge < -0.3 is 15.0 Å². The molecule has 2 aliphatic rings. The van der Waals surface area contributed by atoms with E-state index in [4.69, 9.17) is 4.74 Å². The number of ether oxygens (including phenoxy) is 1. The molecule has 0 aromatic heterocycles. The molecule has 32 heavy (non-hydrogen) atoms. The van der Waals surface area contributed by atoms with Gasteiger partial charge in [0.05, 0.1) is 6.61 Å². The first-order chi connectivity index (χ1) is 15.2. The Labute approximate surface area is 188 Å². The summed E-state index contributed by atoms with van der Waals surface area (Å²) in [5.41, 5.74) is 0.349. The number of anilines is 1. The molecule has 4 amide bonds. The van der Waals surface area contributed by atoms with Crippen LogP contribution in [0.3, 0.4) is 0 Å². The minimum Gasteiger partial charge on any atom is -0.492 e. The first kappa shape index (κ1) is 24.0. The van der Waals surface area contributed by atoms with Gasteiger partial charge in [0.2, 0.25) is 21.8 Å². The molecular weight excluding hydrogens is 436 g/mol. The number of rotatable bonds is 9. The van der Waals surface area contributed by atoms with Crippen LogP contribution < -0.4 is 10.1 Å². The van der Waals surface area contributed by atoms with Crippen molar-refractivity contribution in [3.05, 3.63) is 18.2 Å². The minimum atomic E-state index is -3.75. The highest BCUT2D eigenvalue weighted by Gasteiger charge is 2.33. The summed E-state index contributed by atoms with van der Waals surface area (Å²) in [6.07, 6.45) is 3.04. The number of nitrogens with zero attached hydrogens (tertiary/aromatic N) is 3. The van der Waals surface area contributed by atoms with Gasteiger partial charge in [0, 0.05) is 38.8 Å². The molecule has 176 valence electrons. The van der Waals surface area contributed by atoms with Crippen molar-refractivity contribution < 1.29 is 27.5 Å². The van der Waals surface area contributed by atoms with E-state index < -0.39 is 10.0 Å². The van der Waals surface area contributed by atoms with Crippen molar-refractivity contribution >= 4 is 33.6 Å². The van der Waals surface area contributed by atoms with Crippen molar-refractivity contribution in [2.24, 2.45) is 0 Å². The van der Waals surface area contributed by atoms with E-state index in [0.29, 0.717) is 31.8 Å². The highest BCUT2D eigenvalue weighted by molar-refractivity contribution is 7.89. The maximum absolute atomic E-state index is 13.2. The fourth-order valence-electron chi connectivity index (χ4n) is 3.82. The molecule has 0 saturated carbocycles. The number of urea groups is 1. The molecule has 10 nitrogen and oxygen atoms in total. The maximum Gasteiger partial charge on any atom is 0.326 e. The predicted octanol–water partition coefficient (Wildman–Crippen LogP) is 1.87. The van der Waals surface area contributed by atoms with Crippen LogP contribution >= 0.6 is 0 Å². The molecule has 2 saturated heterocycles. The smallest absolute Gasteiger partial charge is 0.326 e. The summed E-state index contributed by atoms with van der Waals surface area (Å²) in [6, 6.07) is 4.21. The second-order valence-corrected chi connectivity index (χ2v) is 9.80. The molecule has 2 aliphatic heterocycles. The van der Waals surface area contributed by atoms with Gasteiger partial charge >= 0.3 is 6.03 Å². The molecule has 0 atom stereocenters. The van der Waals surface area contributed by atoms with Crippen molar-refractivity contribution in [2.45, 2.75) is 43.9 Å². The van der Waals surface area contributed by atoms with E-state index >= 15 is 0 Å². The molecule has 3 rings (SSSR count). The molecule has 1 aromatic carbocycles. The summed E-state index contributed by atoms with van der Waals surface area (Å²) >= 11 is 0. The third-order valence-corrected chi connectivity index (χ3v) is 7.40. The molecule has 11 heteroatoms. The van der Waals surface area contributed by atoms with Crippen LogP contribution in [0.2, 0.25) is 0 Å². The van der Waals surface area contributed by atoms with Gasteiger partial charge in [-0.15, -0.1) is 0 Å². The molecule has 2 fully saturated rings. The lowest BCUT2D eigenvalue weighted by atomic mass is 10.2. The van der Waals surface area contributed by atoms with Crippen molar-refractivity contribution in [2.75, 3.05) is 45.2 Å². The van der Waals surface area contributed by atoms with Gasteiger partial charge in [-0.05, 0) is 44.4 Å². The van der Waals surface area contributed by atoms with Gasteiger partial charge in [-0.25, -0.2) is 13.2 Å². The van der Waals surface area contributed by atoms with Gasteiger partial charge in [0.25, 0.3) is 0 Å². The number of carbonyl (C=O) groups is 3. The third-order valence-electron chi connectivity index (χ3n) is 5.48. The summed E-state index contributed by atoms with van der Waals surface area (Å²) in [7, 11) is -2.20. The zero-order valence-corrected chi connectivity index (χ0v) is 19.3. The number of nitrogens with one attached hydrogen (secondary N) is 1. The Morgan fingerprint density at radius 1 is 1.16 bits per heavy atom. The predicted molar refractivity (Wildman–Crippen MR) is 118 cm³/mol. The lowest BCUT2D eigenvalue weighted by molar-refractivity contribution is -0.125. The number of benzene rings is 1. The molecule has 0 bridgehead atoms. The van der Waals surface area contributed by atoms with Gasteiger partial charge in [-0.1, -0.05) is 6.42 Å². The Bertz CT molecular complexity index is 975. The van der Waals surface area contributed by atoms with Crippen LogP contribution in [0.1, 0.15) is 39.0 Å². The highest BCUT2D eigenvalue weighted by atomic mass is 32.2. The SMILES string of the molecule is CCOc1ccc(NC(=O)CCCN2C(=O)CN(C)C2=O)cc1S(=O)(=O)N1CCCCC1. The molecular formula is C21H30N4O6S. The average Bonchev–Trinajstić information content (AvgIpc) is 3.01. The van der Waals surface area contributed by atoms with Crippen LogP contribution in [0, 0.1) is 0 Å². The number of hydrogen-bond donors (Lipinski definition) is 1. The normalized spacial score (nSPS) is 17.7. The summed E-state index contributed by atoms with van der Waals surface area (Å²) in [6.45, 7) is 3.23. The van der Waals surface area contributed by atoms with Crippen LogP contribution in [0.25, 0.3) is 0 Å². The second kappa shape index (κ2) is 10.3. The molecule has 0 unspecified atom stereocenters. The van der Waals surface area contributed by atoms with Crippen molar-refractivity contribution in [1.82, 2.24) is 14.1 Å². The summed E-state index contributed by atoms with van der Waals surface area (Å²) in [5, 5.41) is 2.71. The number of imide groups is 1. The van der Waals surface area contributed by atoms with Crippen molar-refractivity contribution in [3.63, 3.8) is 0 Å². The van der Waals surface area contributed by atoms with Gasteiger partial charge in [-0.2, -0.15) is 4.31 Å². The minimum absolute atomic E-state index is 0.0374. The molecule has 0 radical (unpaired) electrons. The van der Waals surface area contributed by atoms with E-state index in [-0.39, 0.29) is 48.0 Å². The number of likely N-dealkylation sites (N-methyl/N-ethyl adjacent to an activating group) is 1. The Morgan fingerprint density at radius 3 is 2.50 bits per heavy atom. The zero-order chi connectivity index (χ0) is 23.3. The van der Waals surface area contributed by atoms with Gasteiger partial charge in [0.15, 0.2) is 0 Å². The number of piperidine rings is 1. The Hall–Kier alpha value is -2.66. The van der Waals surface area contributed by atoms with E-state index in [1.54, 1.807) is 26.1 Å². The standard InChI is InChI=1S/C21H30N4O6S/c1-3-31-17-10-9-16(14-18(17)32(29,30)24-11-5-4-6-12-24)22-19(26)8-7-13-25-20(27)15-23(2)21(25)28/h9-10,14H,3-8,11-13,15H2,1-2H3,(H,22,26). The maximum atomic E-state index is 13.2. The number of carbonyl (C=O) groups excluding carboxylic acids is 3. The van der Waals surface area contributed by atoms with E-state index in [1.807, 2.05) is 0 Å². The first-order valence-corrected chi connectivity index (χ1v) is 12.3. The van der Waals surface area contributed by atoms with Crippen LogP contribution in [-0.2, 0) is 19.6 Å². The van der Waals surface area contributed by atoms with Gasteiger partial charge in [0.1, 0.15) is 17.2 Å². The average molecular weight is 467 g/mol. The van der Waals surface area contributed by atoms with Crippen molar-refractivity contribution in [1.29, 1.82) is 0 Å². The number of sulfonamides is 1. The molecule has 0 spiro atoms. The molecule has 2 heterocycles. The first-order valence-electron chi connectivity index (χ1n) is 10.9. The lowest BCUT2D eigenvalue weighted by Gasteiger charge is -2.27. The van der Waals surface area contributed by atoms with Crippen LogP contribution in [-0.4, -0.2) is 80.2 Å². The molecule has 1 N–H and O–H groups in total. The van der Waals surface area contributed by atoms with Crippen LogP contribution in [0.15, 0.2) is 23.1 Å². The number of hydrogen-bond acceptors (Lipinski definition) is 6. The summed E-state index contributed by atoms with van der Waals surface area (Å²) in [5.74, 6) is -0.355. The van der Waals surface area contributed by atoms with E-state index in [0.717, 1.165) is 24.2 Å². The molecule has 1 aromatic rings. The van der Waals surface area contributed by atoms with E-state index in [1.165, 1.54) is 15.3 Å². The van der Waals surface area contributed by atoms with Crippen LogP contribution in [0.5, 0.6) is 5.75 Å². The number of amides is 4. The fraction of sp³-hybridized carbons (Fsp3) is 0.571. The Morgan fingerprint density at radius 2 is 1.88 bits per heavy atom. The zero-order valence-electron chi connectivity index (χ0n) is 18.5. The van der Waals surface area contributed by atoms with Crippen molar-refractivity contribution in [3.8, 4) is 5.75 Å². The topological polar surface area (TPSA) is 116 Å². The second-order valence-electron chi connectivity index (χ2n) is 7.90. The third kappa shape index (κ3) is 5.39. The summed E-state index contributed by atoms with van der Waals surface area (Å²) < 4.78 is 33.4. The fourth-order valence-corrected chi connectivity index (χ4v) is 5.49. The van der Waals surface area contributed by atoms with E-state index in [9.17, 15) is 22.8 Å².